The van der Waals surface area contributed by atoms with Crippen LogP contribution in [-0.2, 0) is 22.4 Å². The highest BCUT2D eigenvalue weighted by Crippen LogP contribution is 2.26. The second-order valence-electron chi connectivity index (χ2n) is 7.86. The van der Waals surface area contributed by atoms with Crippen LogP contribution < -0.4 is 5.32 Å². The number of hydrogen-bond acceptors (Lipinski definition) is 2. The highest BCUT2D eigenvalue weighted by atomic mass is 19.1. The number of halogens is 1. The second-order valence-corrected chi connectivity index (χ2v) is 7.86. The van der Waals surface area contributed by atoms with E-state index in [4.69, 9.17) is 0 Å². The fourth-order valence-electron chi connectivity index (χ4n) is 4.03. The van der Waals surface area contributed by atoms with Gasteiger partial charge in [0, 0.05) is 19.6 Å². The Morgan fingerprint density at radius 3 is 2.45 bits per heavy atom. The molecule has 0 unspecified atom stereocenters. The zero-order valence-electron chi connectivity index (χ0n) is 17.3. The Hall–Kier alpha value is -3.47. The summed E-state index contributed by atoms with van der Waals surface area (Å²) in [7, 11) is 0. The maximum Gasteiger partial charge on any atom is 0.227 e. The van der Waals surface area contributed by atoms with E-state index in [-0.39, 0.29) is 30.0 Å². The number of benzene rings is 3. The van der Waals surface area contributed by atoms with E-state index in [2.05, 4.69) is 23.5 Å². The van der Waals surface area contributed by atoms with E-state index in [1.165, 1.54) is 12.1 Å². The predicted molar refractivity (Wildman–Crippen MR) is 119 cm³/mol. The first-order valence-corrected chi connectivity index (χ1v) is 10.5. The minimum atomic E-state index is -0.329. The van der Waals surface area contributed by atoms with Crippen LogP contribution in [0.5, 0.6) is 0 Å². The van der Waals surface area contributed by atoms with Crippen molar-refractivity contribution < 1.29 is 14.0 Å². The Labute approximate surface area is 181 Å². The molecule has 1 aliphatic heterocycles. The topological polar surface area (TPSA) is 49.4 Å². The zero-order chi connectivity index (χ0) is 21.6. The highest BCUT2D eigenvalue weighted by Gasteiger charge is 2.28. The fraction of sp³-hybridized carbons (Fsp3) is 0.231. The number of nitrogens with one attached hydrogen (secondary N) is 1. The maximum atomic E-state index is 13.1. The summed E-state index contributed by atoms with van der Waals surface area (Å²) in [5.74, 6) is -0.730. The molecular formula is C26H25FN2O2. The SMILES string of the molecule is O=C1NCCN(C(=O)Cc2ccc(F)cc2)C[C@@H]1Cc1ccccc1-c1ccccc1. The zero-order valence-corrected chi connectivity index (χ0v) is 17.3. The standard InChI is InChI=1S/C26H25FN2O2/c27-23-12-10-19(11-13-23)16-25(30)29-15-14-28-26(31)22(18-29)17-21-8-4-5-9-24(21)20-6-2-1-3-7-20/h1-13,22H,14-18H2,(H,28,31)/t22-/m0/s1. The third kappa shape index (κ3) is 5.18. The predicted octanol–water partition coefficient (Wildman–Crippen LogP) is 3.85. The Morgan fingerprint density at radius 1 is 0.968 bits per heavy atom. The van der Waals surface area contributed by atoms with Crippen LogP contribution in [0.15, 0.2) is 78.9 Å². The number of rotatable bonds is 5. The van der Waals surface area contributed by atoms with Gasteiger partial charge in [0.2, 0.25) is 11.8 Å². The van der Waals surface area contributed by atoms with Crippen LogP contribution in [0, 0.1) is 11.7 Å². The summed E-state index contributed by atoms with van der Waals surface area (Å²) in [5, 5.41) is 2.95. The van der Waals surface area contributed by atoms with E-state index in [0.717, 1.165) is 22.3 Å². The molecule has 2 amide bonds. The van der Waals surface area contributed by atoms with Crippen molar-refractivity contribution in [3.8, 4) is 11.1 Å². The summed E-state index contributed by atoms with van der Waals surface area (Å²) >= 11 is 0. The lowest BCUT2D eigenvalue weighted by atomic mass is 9.91. The number of carbonyl (C=O) groups excluding carboxylic acids is 2. The summed E-state index contributed by atoms with van der Waals surface area (Å²) in [5.41, 5.74) is 4.06. The first-order chi connectivity index (χ1) is 15.1. The number of nitrogens with zero attached hydrogens (tertiary/aromatic N) is 1. The van der Waals surface area contributed by atoms with Crippen molar-refractivity contribution in [3.05, 3.63) is 95.8 Å². The van der Waals surface area contributed by atoms with E-state index in [1.54, 1.807) is 17.0 Å². The molecular weight excluding hydrogens is 391 g/mol. The van der Waals surface area contributed by atoms with Crippen LogP contribution >= 0.6 is 0 Å². The first kappa shape index (κ1) is 20.8. The largest absolute Gasteiger partial charge is 0.354 e. The molecule has 0 radical (unpaired) electrons. The minimum absolute atomic E-state index is 0.0278. The molecule has 4 nitrogen and oxygen atoms in total. The number of amides is 2. The van der Waals surface area contributed by atoms with Gasteiger partial charge in [0.15, 0.2) is 0 Å². The smallest absolute Gasteiger partial charge is 0.227 e. The van der Waals surface area contributed by atoms with Crippen LogP contribution in [0.3, 0.4) is 0 Å². The van der Waals surface area contributed by atoms with E-state index >= 15 is 0 Å². The molecule has 1 fully saturated rings. The highest BCUT2D eigenvalue weighted by molar-refractivity contribution is 5.83. The van der Waals surface area contributed by atoms with Gasteiger partial charge in [-0.05, 0) is 40.8 Å². The molecule has 158 valence electrons. The molecule has 0 spiro atoms. The van der Waals surface area contributed by atoms with Crippen LogP contribution in [0.4, 0.5) is 4.39 Å². The van der Waals surface area contributed by atoms with Crippen molar-refractivity contribution in [2.24, 2.45) is 5.92 Å². The third-order valence-corrected chi connectivity index (χ3v) is 5.68. The monoisotopic (exact) mass is 416 g/mol. The minimum Gasteiger partial charge on any atom is -0.354 e. The van der Waals surface area contributed by atoms with E-state index in [1.807, 2.05) is 36.4 Å². The molecule has 0 aliphatic carbocycles. The van der Waals surface area contributed by atoms with Crippen molar-refractivity contribution in [3.63, 3.8) is 0 Å². The van der Waals surface area contributed by atoms with Gasteiger partial charge in [0.25, 0.3) is 0 Å². The van der Waals surface area contributed by atoms with E-state index in [0.29, 0.717) is 26.1 Å². The summed E-state index contributed by atoms with van der Waals surface area (Å²) < 4.78 is 13.1. The van der Waals surface area contributed by atoms with Gasteiger partial charge in [-0.25, -0.2) is 4.39 Å². The number of hydrogen-bond donors (Lipinski definition) is 1. The molecule has 5 heteroatoms. The van der Waals surface area contributed by atoms with Gasteiger partial charge in [0.1, 0.15) is 5.82 Å². The van der Waals surface area contributed by atoms with Gasteiger partial charge in [0.05, 0.1) is 12.3 Å². The molecule has 0 saturated carbocycles. The van der Waals surface area contributed by atoms with Gasteiger partial charge in [-0.3, -0.25) is 9.59 Å². The normalized spacial score (nSPS) is 16.5. The Kier molecular flexibility index (Phi) is 6.41. The molecule has 1 saturated heterocycles. The Morgan fingerprint density at radius 2 is 1.68 bits per heavy atom. The Balaban J connectivity index is 1.51. The number of carbonyl (C=O) groups is 2. The Bertz CT molecular complexity index is 1050. The van der Waals surface area contributed by atoms with Crippen LogP contribution in [0.2, 0.25) is 0 Å². The van der Waals surface area contributed by atoms with Crippen molar-refractivity contribution in [1.29, 1.82) is 0 Å². The van der Waals surface area contributed by atoms with Crippen molar-refractivity contribution >= 4 is 11.8 Å². The lowest BCUT2D eigenvalue weighted by molar-refractivity contribution is -0.131. The molecule has 1 atom stereocenters. The van der Waals surface area contributed by atoms with Crippen molar-refractivity contribution in [2.75, 3.05) is 19.6 Å². The van der Waals surface area contributed by atoms with Crippen LogP contribution in [0.1, 0.15) is 11.1 Å². The summed E-state index contributed by atoms with van der Waals surface area (Å²) in [6, 6.07) is 24.2. The average Bonchev–Trinajstić information content (AvgIpc) is 2.98. The maximum absolute atomic E-state index is 13.1. The molecule has 4 rings (SSSR count). The van der Waals surface area contributed by atoms with Crippen LogP contribution in [-0.4, -0.2) is 36.3 Å². The molecule has 1 heterocycles. The average molecular weight is 416 g/mol. The molecule has 3 aromatic carbocycles. The van der Waals surface area contributed by atoms with Gasteiger partial charge < -0.3 is 10.2 Å². The molecule has 3 aromatic rings. The summed E-state index contributed by atoms with van der Waals surface area (Å²) in [6.45, 7) is 1.28. The summed E-state index contributed by atoms with van der Waals surface area (Å²) in [4.78, 5) is 27.4. The van der Waals surface area contributed by atoms with E-state index in [9.17, 15) is 14.0 Å². The molecule has 0 aromatic heterocycles. The van der Waals surface area contributed by atoms with Gasteiger partial charge in [-0.2, -0.15) is 0 Å². The molecule has 1 N–H and O–H groups in total. The fourth-order valence-corrected chi connectivity index (χ4v) is 4.03. The van der Waals surface area contributed by atoms with Gasteiger partial charge >= 0.3 is 0 Å². The van der Waals surface area contributed by atoms with Gasteiger partial charge in [-0.1, -0.05) is 66.7 Å². The second kappa shape index (κ2) is 9.56. The van der Waals surface area contributed by atoms with Crippen molar-refractivity contribution in [2.45, 2.75) is 12.8 Å². The molecule has 31 heavy (non-hydrogen) atoms. The van der Waals surface area contributed by atoms with Gasteiger partial charge in [-0.15, -0.1) is 0 Å². The first-order valence-electron chi connectivity index (χ1n) is 10.5. The summed E-state index contributed by atoms with van der Waals surface area (Å²) in [6.07, 6.45) is 0.749. The third-order valence-electron chi connectivity index (χ3n) is 5.68. The lowest BCUT2D eigenvalue weighted by Gasteiger charge is -2.24. The molecule has 1 aliphatic rings. The van der Waals surface area contributed by atoms with E-state index < -0.39 is 0 Å². The van der Waals surface area contributed by atoms with Crippen LogP contribution in [0.25, 0.3) is 11.1 Å². The quantitative estimate of drug-likeness (QED) is 0.687. The molecule has 0 bridgehead atoms. The van der Waals surface area contributed by atoms with Crippen molar-refractivity contribution in [1.82, 2.24) is 10.2 Å². The lowest BCUT2D eigenvalue weighted by Crippen LogP contribution is -2.38.